The van der Waals surface area contributed by atoms with E-state index in [4.69, 9.17) is 14.6 Å². The van der Waals surface area contributed by atoms with Gasteiger partial charge in [0.1, 0.15) is 41.3 Å². The van der Waals surface area contributed by atoms with Crippen LogP contribution in [0.1, 0.15) is 11.1 Å². The highest BCUT2D eigenvalue weighted by Gasteiger charge is 2.48. The summed E-state index contributed by atoms with van der Waals surface area (Å²) in [6.07, 6.45) is -5.91. The first-order valence-corrected chi connectivity index (χ1v) is 8.79. The van der Waals surface area contributed by atoms with E-state index in [1.165, 1.54) is 42.5 Å². The van der Waals surface area contributed by atoms with Crippen molar-refractivity contribution >= 4 is 18.1 Å². The lowest BCUT2D eigenvalue weighted by molar-refractivity contribution is -0.271. The van der Waals surface area contributed by atoms with E-state index < -0.39 is 36.7 Å². The molecular formula is C20H20O10. The molecule has 0 spiro atoms. The maximum atomic E-state index is 11.2. The SMILES string of the molecule is O=C(O)[C@H]1O[C@@H](Oc2cc(O)ccc2/C=C/c2cc(O)cc(O)c2)[C@H](O)[C@@H](O)[C@@H]1O. The summed E-state index contributed by atoms with van der Waals surface area (Å²) in [6.45, 7) is 0. The molecule has 0 radical (unpaired) electrons. The summed E-state index contributed by atoms with van der Waals surface area (Å²) in [4.78, 5) is 11.2. The number of aromatic hydroxyl groups is 3. The van der Waals surface area contributed by atoms with Crippen LogP contribution in [-0.2, 0) is 9.53 Å². The first kappa shape index (κ1) is 21.4. The number of aliphatic carboxylic acids is 1. The second-order valence-corrected chi connectivity index (χ2v) is 6.69. The fraction of sp³-hybridized carbons (Fsp3) is 0.250. The van der Waals surface area contributed by atoms with Crippen molar-refractivity contribution in [3.05, 3.63) is 47.5 Å². The normalized spacial score (nSPS) is 26.6. The van der Waals surface area contributed by atoms with Gasteiger partial charge >= 0.3 is 5.97 Å². The van der Waals surface area contributed by atoms with E-state index in [1.807, 2.05) is 0 Å². The van der Waals surface area contributed by atoms with Crippen LogP contribution in [0.2, 0.25) is 0 Å². The molecule has 2 aromatic carbocycles. The minimum atomic E-state index is -1.86. The molecule has 1 heterocycles. The molecule has 10 nitrogen and oxygen atoms in total. The van der Waals surface area contributed by atoms with Crippen molar-refractivity contribution in [1.29, 1.82) is 0 Å². The molecule has 1 saturated heterocycles. The van der Waals surface area contributed by atoms with Crippen LogP contribution >= 0.6 is 0 Å². The van der Waals surface area contributed by atoms with Gasteiger partial charge in [0.25, 0.3) is 0 Å². The molecule has 1 aliphatic rings. The van der Waals surface area contributed by atoms with Gasteiger partial charge in [0.2, 0.25) is 6.29 Å². The highest BCUT2D eigenvalue weighted by molar-refractivity contribution is 5.74. The quantitative estimate of drug-likeness (QED) is 0.332. The minimum absolute atomic E-state index is 0.0209. The number of hydrogen-bond acceptors (Lipinski definition) is 9. The van der Waals surface area contributed by atoms with E-state index in [0.717, 1.165) is 6.07 Å². The molecule has 1 fully saturated rings. The van der Waals surface area contributed by atoms with Gasteiger partial charge in [-0.2, -0.15) is 0 Å². The maximum Gasteiger partial charge on any atom is 0.335 e. The first-order chi connectivity index (χ1) is 14.2. The number of ether oxygens (including phenoxy) is 2. The van der Waals surface area contributed by atoms with Crippen molar-refractivity contribution < 1.29 is 50.0 Å². The number of benzene rings is 2. The lowest BCUT2D eigenvalue weighted by Crippen LogP contribution is -2.61. The average molecular weight is 420 g/mol. The van der Waals surface area contributed by atoms with Crippen LogP contribution in [0.25, 0.3) is 12.2 Å². The van der Waals surface area contributed by atoms with E-state index in [-0.39, 0.29) is 23.0 Å². The van der Waals surface area contributed by atoms with Crippen molar-refractivity contribution in [2.24, 2.45) is 0 Å². The standard InChI is InChI=1S/C20H20O10/c21-11-4-3-10(2-1-9-5-12(22)7-13(23)6-9)14(8-11)29-20-17(26)15(24)16(25)18(30-20)19(27)28/h1-8,15-18,20-26H,(H,27,28)/b2-1+/t15-,16-,17+,18-,20+/m0/s1. The lowest BCUT2D eigenvalue weighted by Gasteiger charge is -2.38. The summed E-state index contributed by atoms with van der Waals surface area (Å²) in [5.41, 5.74) is 0.809. The second kappa shape index (κ2) is 8.59. The van der Waals surface area contributed by atoms with Crippen molar-refractivity contribution in [2.75, 3.05) is 0 Å². The molecule has 0 unspecified atom stereocenters. The van der Waals surface area contributed by atoms with Gasteiger partial charge in [-0.25, -0.2) is 4.79 Å². The molecule has 5 atom stereocenters. The first-order valence-electron chi connectivity index (χ1n) is 8.79. The molecule has 30 heavy (non-hydrogen) atoms. The Labute approximate surface area is 170 Å². The Bertz CT molecular complexity index is 936. The zero-order valence-electron chi connectivity index (χ0n) is 15.4. The van der Waals surface area contributed by atoms with Crippen molar-refractivity contribution in [1.82, 2.24) is 0 Å². The monoisotopic (exact) mass is 420 g/mol. The van der Waals surface area contributed by atoms with Gasteiger partial charge in [0.05, 0.1) is 0 Å². The number of phenols is 3. The summed E-state index contributed by atoms with van der Waals surface area (Å²) < 4.78 is 10.6. The number of phenolic OH excluding ortho intramolecular Hbond substituents is 3. The number of rotatable bonds is 5. The molecule has 0 aliphatic carbocycles. The third kappa shape index (κ3) is 4.63. The number of carbonyl (C=O) groups is 1. The van der Waals surface area contributed by atoms with Crippen LogP contribution < -0.4 is 4.74 Å². The van der Waals surface area contributed by atoms with E-state index in [1.54, 1.807) is 0 Å². The Balaban J connectivity index is 1.88. The largest absolute Gasteiger partial charge is 0.508 e. The molecule has 10 heteroatoms. The highest BCUT2D eigenvalue weighted by Crippen LogP contribution is 2.31. The molecule has 1 aliphatic heterocycles. The van der Waals surface area contributed by atoms with Crippen molar-refractivity contribution in [3.63, 3.8) is 0 Å². The number of aliphatic hydroxyl groups excluding tert-OH is 3. The number of carboxylic acid groups (broad SMARTS) is 1. The Hall–Kier alpha value is -3.31. The van der Waals surface area contributed by atoms with Crippen LogP contribution in [0, 0.1) is 0 Å². The van der Waals surface area contributed by atoms with Crippen LogP contribution in [-0.4, -0.2) is 72.4 Å². The second-order valence-electron chi connectivity index (χ2n) is 6.69. The summed E-state index contributed by atoms with van der Waals surface area (Å²) in [5, 5.41) is 67.8. The Morgan fingerprint density at radius 1 is 0.867 bits per heavy atom. The Morgan fingerprint density at radius 2 is 1.53 bits per heavy atom. The Morgan fingerprint density at radius 3 is 2.17 bits per heavy atom. The van der Waals surface area contributed by atoms with Crippen molar-refractivity contribution in [3.8, 4) is 23.0 Å². The van der Waals surface area contributed by atoms with E-state index >= 15 is 0 Å². The van der Waals surface area contributed by atoms with Gasteiger partial charge in [-0.3, -0.25) is 0 Å². The maximum absolute atomic E-state index is 11.2. The van der Waals surface area contributed by atoms with Gasteiger partial charge in [0.15, 0.2) is 6.10 Å². The third-order valence-electron chi connectivity index (χ3n) is 4.43. The van der Waals surface area contributed by atoms with Crippen molar-refractivity contribution in [2.45, 2.75) is 30.7 Å². The minimum Gasteiger partial charge on any atom is -0.508 e. The van der Waals surface area contributed by atoms with Gasteiger partial charge < -0.3 is 45.2 Å². The summed E-state index contributed by atoms with van der Waals surface area (Å²) in [5.74, 6) is -2.07. The summed E-state index contributed by atoms with van der Waals surface area (Å²) >= 11 is 0. The number of aliphatic hydroxyl groups is 3. The topological polar surface area (TPSA) is 177 Å². The summed E-state index contributed by atoms with van der Waals surface area (Å²) in [7, 11) is 0. The molecule has 2 aromatic rings. The average Bonchev–Trinajstić information content (AvgIpc) is 2.66. The zero-order valence-corrected chi connectivity index (χ0v) is 15.4. The molecule has 3 rings (SSSR count). The van der Waals surface area contributed by atoms with Gasteiger partial charge in [-0.05, 0) is 29.8 Å². The Kier molecular flexibility index (Phi) is 6.13. The molecule has 0 aromatic heterocycles. The van der Waals surface area contributed by atoms with E-state index in [0.29, 0.717) is 11.1 Å². The zero-order chi connectivity index (χ0) is 22.0. The smallest absolute Gasteiger partial charge is 0.335 e. The molecule has 0 bridgehead atoms. The van der Waals surface area contributed by atoms with Crippen LogP contribution in [0.15, 0.2) is 36.4 Å². The van der Waals surface area contributed by atoms with Crippen LogP contribution in [0.5, 0.6) is 23.0 Å². The van der Waals surface area contributed by atoms with Crippen LogP contribution in [0.3, 0.4) is 0 Å². The molecule has 160 valence electrons. The van der Waals surface area contributed by atoms with E-state index in [2.05, 4.69) is 0 Å². The van der Waals surface area contributed by atoms with Gasteiger partial charge in [-0.1, -0.05) is 12.2 Å². The number of hydrogen-bond donors (Lipinski definition) is 7. The van der Waals surface area contributed by atoms with Crippen LogP contribution in [0.4, 0.5) is 0 Å². The lowest BCUT2D eigenvalue weighted by atomic mass is 9.99. The predicted molar refractivity (Wildman–Crippen MR) is 102 cm³/mol. The third-order valence-corrected chi connectivity index (χ3v) is 4.43. The predicted octanol–water partition coefficient (Wildman–Crippen LogP) is 0.245. The molecule has 0 saturated carbocycles. The van der Waals surface area contributed by atoms with Gasteiger partial charge in [0, 0.05) is 17.7 Å². The molecule has 7 N–H and O–H groups in total. The fourth-order valence-electron chi connectivity index (χ4n) is 2.94. The summed E-state index contributed by atoms with van der Waals surface area (Å²) in [6, 6.07) is 7.93. The fourth-order valence-corrected chi connectivity index (χ4v) is 2.94. The molecule has 0 amide bonds. The molecular weight excluding hydrogens is 400 g/mol. The van der Waals surface area contributed by atoms with Gasteiger partial charge in [-0.15, -0.1) is 0 Å². The van der Waals surface area contributed by atoms with E-state index in [9.17, 15) is 35.4 Å². The highest BCUT2D eigenvalue weighted by atomic mass is 16.7. The number of carboxylic acids is 1.